The van der Waals surface area contributed by atoms with Gasteiger partial charge in [-0.25, -0.2) is 9.93 Å². The smallest absolute Gasteiger partial charge is 0.404 e. The van der Waals surface area contributed by atoms with Crippen molar-refractivity contribution in [2.24, 2.45) is 5.10 Å². The molecule has 0 saturated carbocycles. The molecule has 0 bridgehead atoms. The van der Waals surface area contributed by atoms with Crippen LogP contribution in [0.2, 0.25) is 5.02 Å². The number of nitrogens with one attached hydrogen (secondary N) is 4. The average molecular weight is 461 g/mol. The normalized spacial score (nSPS) is 13.4. The van der Waals surface area contributed by atoms with Crippen molar-refractivity contribution in [2.75, 3.05) is 12.4 Å². The monoisotopic (exact) mass is 460 g/mol. The second kappa shape index (κ2) is 8.65. The van der Waals surface area contributed by atoms with Crippen molar-refractivity contribution in [3.8, 4) is 5.75 Å². The van der Waals surface area contributed by atoms with Gasteiger partial charge in [-0.05, 0) is 36.4 Å². The van der Waals surface area contributed by atoms with Crippen molar-refractivity contribution in [3.05, 3.63) is 58.4 Å². The highest BCUT2D eigenvalue weighted by atomic mass is 35.5. The van der Waals surface area contributed by atoms with Crippen molar-refractivity contribution in [1.82, 2.24) is 21.4 Å². The molecule has 3 rings (SSSR count). The molecule has 1 heterocycles. The van der Waals surface area contributed by atoms with E-state index in [2.05, 4.69) is 31.5 Å². The number of anilines is 1. The number of hydrazine groups is 2. The molecule has 0 saturated heterocycles. The van der Waals surface area contributed by atoms with Gasteiger partial charge in [0.1, 0.15) is 11.5 Å². The molecule has 9 nitrogen and oxygen atoms in total. The maximum atomic E-state index is 13.1. The largest absolute Gasteiger partial charge is 0.573 e. The van der Waals surface area contributed by atoms with E-state index in [0.717, 1.165) is 36.4 Å². The molecule has 4 N–H and O–H groups in total. The molecule has 0 fully saturated rings. The van der Waals surface area contributed by atoms with E-state index in [9.17, 15) is 27.2 Å². The molecule has 2 aromatic carbocycles. The Morgan fingerprint density at radius 3 is 2.35 bits per heavy atom. The third kappa shape index (κ3) is 5.32. The summed E-state index contributed by atoms with van der Waals surface area (Å²) in [5.41, 5.74) is 3.98. The number of guanidine groups is 1. The van der Waals surface area contributed by atoms with Crippen molar-refractivity contribution in [3.63, 3.8) is 0 Å². The van der Waals surface area contributed by atoms with Gasteiger partial charge in [0.15, 0.2) is 5.75 Å². The second-order valence-corrected chi connectivity index (χ2v) is 6.36. The number of ether oxygens (including phenoxy) is 1. The number of hydrazone groups is 1. The van der Waals surface area contributed by atoms with E-state index >= 15 is 0 Å². The van der Waals surface area contributed by atoms with Gasteiger partial charge in [0.25, 0.3) is 11.8 Å². The van der Waals surface area contributed by atoms with E-state index in [1.54, 1.807) is 0 Å². The van der Waals surface area contributed by atoms with Crippen LogP contribution in [0.1, 0.15) is 20.7 Å². The van der Waals surface area contributed by atoms with E-state index in [4.69, 9.17) is 11.6 Å². The lowest BCUT2D eigenvalue weighted by atomic mass is 10.1. The number of hydrogen-bond acceptors (Lipinski definition) is 7. The Bertz CT molecular complexity index is 1050. The number of rotatable bonds is 4. The zero-order valence-corrected chi connectivity index (χ0v) is 16.2. The minimum Gasteiger partial charge on any atom is -0.404 e. The molecule has 31 heavy (non-hydrogen) atoms. The van der Waals surface area contributed by atoms with Gasteiger partial charge in [-0.3, -0.25) is 19.9 Å². The molecule has 0 aromatic heterocycles. The Labute approximate surface area is 176 Å². The molecule has 2 amide bonds. The number of carbonyl (C=O) groups is 2. The molecule has 0 unspecified atom stereocenters. The number of alkyl halides is 3. The molecular weight excluding hydrogens is 448 g/mol. The Balaban J connectivity index is 1.95. The fourth-order valence-corrected chi connectivity index (χ4v) is 2.70. The highest BCUT2D eigenvalue weighted by Crippen LogP contribution is 2.38. The molecule has 1 aliphatic rings. The Hall–Kier alpha value is -3.58. The predicted molar refractivity (Wildman–Crippen MR) is 101 cm³/mol. The van der Waals surface area contributed by atoms with E-state index in [0.29, 0.717) is 0 Å². The van der Waals surface area contributed by atoms with Gasteiger partial charge >= 0.3 is 6.36 Å². The van der Waals surface area contributed by atoms with Crippen LogP contribution in [0.4, 0.5) is 23.2 Å². The van der Waals surface area contributed by atoms with E-state index in [1.807, 2.05) is 0 Å². The van der Waals surface area contributed by atoms with Gasteiger partial charge in [-0.2, -0.15) is 0 Å². The lowest BCUT2D eigenvalue weighted by Gasteiger charge is -2.18. The first-order valence-corrected chi connectivity index (χ1v) is 8.71. The second-order valence-electron chi connectivity index (χ2n) is 5.98. The standard InChI is InChI=1S/C17H13ClF4N6O3/c1-28-16(25-26-27-28)24-15(30)10-6-7-11(31-17(20,21)22)13(12(10)18)23-14(29)8-2-4-9(19)5-3-8/h2-7,26-27H,1H3,(H,23,29)(H,24,25,30). The summed E-state index contributed by atoms with van der Waals surface area (Å²) in [4.78, 5) is 25.0. The summed E-state index contributed by atoms with van der Waals surface area (Å²) >= 11 is 6.15. The SMILES string of the molecule is CN1NNN=C1NC(=O)c1ccc(OC(F)(F)F)c(NC(=O)c2ccc(F)cc2)c1Cl. The Kier molecular flexibility index (Phi) is 6.17. The molecule has 0 aliphatic carbocycles. The highest BCUT2D eigenvalue weighted by Gasteiger charge is 2.34. The van der Waals surface area contributed by atoms with Crippen LogP contribution < -0.4 is 26.4 Å². The van der Waals surface area contributed by atoms with Crippen LogP contribution >= 0.6 is 11.6 Å². The van der Waals surface area contributed by atoms with Gasteiger partial charge in [0.05, 0.1) is 10.6 Å². The molecule has 164 valence electrons. The molecular formula is C17H13ClF4N6O3. The van der Waals surface area contributed by atoms with Crippen LogP contribution in [0, 0.1) is 5.82 Å². The number of nitrogens with zero attached hydrogens (tertiary/aromatic N) is 2. The van der Waals surface area contributed by atoms with Crippen LogP contribution in [0.15, 0.2) is 41.5 Å². The highest BCUT2D eigenvalue weighted by molar-refractivity contribution is 6.37. The molecule has 0 atom stereocenters. The van der Waals surface area contributed by atoms with Gasteiger partial charge in [0, 0.05) is 12.6 Å². The fourth-order valence-electron chi connectivity index (χ4n) is 2.41. The van der Waals surface area contributed by atoms with Gasteiger partial charge in [-0.15, -0.1) is 23.8 Å². The van der Waals surface area contributed by atoms with E-state index in [1.165, 1.54) is 12.1 Å². The summed E-state index contributed by atoms with van der Waals surface area (Å²) in [7, 11) is 1.52. The number of halogens is 5. The van der Waals surface area contributed by atoms with Crippen LogP contribution in [0.25, 0.3) is 0 Å². The minimum atomic E-state index is -5.10. The third-order valence-corrected chi connectivity index (χ3v) is 4.23. The van der Waals surface area contributed by atoms with Crippen LogP contribution in [0.5, 0.6) is 5.75 Å². The summed E-state index contributed by atoms with van der Waals surface area (Å²) in [5.74, 6) is -3.13. The van der Waals surface area contributed by atoms with Crippen LogP contribution in [0.3, 0.4) is 0 Å². The van der Waals surface area contributed by atoms with Crippen LogP contribution in [-0.4, -0.2) is 36.2 Å². The summed E-state index contributed by atoms with van der Waals surface area (Å²) in [6, 6.07) is 6.04. The van der Waals surface area contributed by atoms with Crippen molar-refractivity contribution >= 4 is 35.1 Å². The number of amides is 2. The minimum absolute atomic E-state index is 0.0496. The van der Waals surface area contributed by atoms with Gasteiger partial charge < -0.3 is 10.1 Å². The van der Waals surface area contributed by atoms with Crippen molar-refractivity contribution < 1.29 is 31.9 Å². The molecule has 0 radical (unpaired) electrons. The molecule has 1 aliphatic heterocycles. The lowest BCUT2D eigenvalue weighted by molar-refractivity contribution is -0.274. The summed E-state index contributed by atoms with van der Waals surface area (Å²) in [6.07, 6.45) is -5.10. The summed E-state index contributed by atoms with van der Waals surface area (Å²) in [6.45, 7) is 0. The quantitative estimate of drug-likeness (QED) is 0.523. The first-order chi connectivity index (χ1) is 14.5. The molecule has 2 aromatic rings. The predicted octanol–water partition coefficient (Wildman–Crippen LogP) is 2.59. The number of hydrogen-bond donors (Lipinski definition) is 4. The average Bonchev–Trinajstić information content (AvgIpc) is 3.08. The first kappa shape index (κ1) is 22.1. The first-order valence-electron chi connectivity index (χ1n) is 8.34. The lowest BCUT2D eigenvalue weighted by Crippen LogP contribution is -2.45. The van der Waals surface area contributed by atoms with Gasteiger partial charge in [-0.1, -0.05) is 11.6 Å². The number of benzene rings is 2. The van der Waals surface area contributed by atoms with E-state index < -0.39 is 40.5 Å². The third-order valence-electron chi connectivity index (χ3n) is 3.84. The Morgan fingerprint density at radius 2 is 1.77 bits per heavy atom. The zero-order valence-electron chi connectivity index (χ0n) is 15.5. The maximum Gasteiger partial charge on any atom is 0.573 e. The van der Waals surface area contributed by atoms with Gasteiger partial charge in [0.2, 0.25) is 5.96 Å². The molecule has 0 spiro atoms. The topological polar surface area (TPSA) is 107 Å². The fraction of sp³-hybridized carbons (Fsp3) is 0.118. The molecule has 14 heteroatoms. The number of carbonyl (C=O) groups excluding carboxylic acids is 2. The summed E-state index contributed by atoms with van der Waals surface area (Å²) < 4.78 is 55.4. The van der Waals surface area contributed by atoms with Crippen molar-refractivity contribution in [1.29, 1.82) is 0 Å². The Morgan fingerprint density at radius 1 is 1.10 bits per heavy atom. The van der Waals surface area contributed by atoms with E-state index in [-0.39, 0.29) is 17.1 Å². The maximum absolute atomic E-state index is 13.1. The van der Waals surface area contributed by atoms with Crippen LogP contribution in [-0.2, 0) is 0 Å². The summed E-state index contributed by atoms with van der Waals surface area (Å²) in [5, 5.41) is 9.07. The zero-order chi connectivity index (χ0) is 22.8. The van der Waals surface area contributed by atoms with Crippen molar-refractivity contribution in [2.45, 2.75) is 6.36 Å².